The third-order valence-electron chi connectivity index (χ3n) is 9.93. The lowest BCUT2D eigenvalue weighted by atomic mass is 9.97. The summed E-state index contributed by atoms with van der Waals surface area (Å²) in [5.41, 5.74) is 11.2. The quantitative estimate of drug-likeness (QED) is 0.0341. The summed E-state index contributed by atoms with van der Waals surface area (Å²) in [5.74, 6) is -13.4. The van der Waals surface area contributed by atoms with E-state index in [4.69, 9.17) is 21.7 Å². The lowest BCUT2D eigenvalue weighted by Crippen LogP contribution is -2.62. The number of hydrogen-bond acceptors (Lipinski definition) is 16. The Morgan fingerprint density at radius 3 is 1.61 bits per heavy atom. The van der Waals surface area contributed by atoms with Gasteiger partial charge < -0.3 is 84.6 Å². The largest absolute Gasteiger partial charge is 0.481 e. The van der Waals surface area contributed by atoms with E-state index in [1.165, 1.54) is 0 Å². The zero-order chi connectivity index (χ0) is 51.1. The van der Waals surface area contributed by atoms with Crippen molar-refractivity contribution in [1.29, 1.82) is 0 Å². The van der Waals surface area contributed by atoms with E-state index >= 15 is 0 Å². The third-order valence-corrected chi connectivity index (χ3v) is 9.93. The van der Waals surface area contributed by atoms with Crippen molar-refractivity contribution in [3.63, 3.8) is 0 Å². The van der Waals surface area contributed by atoms with E-state index < -0.39 is 171 Å². The van der Waals surface area contributed by atoms with Crippen molar-refractivity contribution in [1.82, 2.24) is 42.5 Å². The molecule has 0 aliphatic heterocycles. The lowest BCUT2D eigenvalue weighted by molar-refractivity contribution is -0.145. The van der Waals surface area contributed by atoms with Crippen LogP contribution in [-0.2, 0) is 59.2 Å². The Bertz CT molecular complexity index is 1900. The number of rotatable bonds is 30. The highest BCUT2D eigenvalue weighted by molar-refractivity contribution is 5.98. The number of benzene rings is 1. The van der Waals surface area contributed by atoms with Crippen LogP contribution in [0.5, 0.6) is 0 Å². The van der Waals surface area contributed by atoms with Crippen LogP contribution in [0.3, 0.4) is 0 Å². The van der Waals surface area contributed by atoms with Gasteiger partial charge in [0.05, 0.1) is 38.4 Å². The molecule has 0 fully saturated rings. The number of carbonyl (C=O) groups excluding carboxylic acids is 9. The van der Waals surface area contributed by atoms with Gasteiger partial charge in [0.15, 0.2) is 6.04 Å². The van der Waals surface area contributed by atoms with Crippen molar-refractivity contribution >= 4 is 65.1 Å². The number of aliphatic hydroxyl groups is 4. The Kier molecular flexibility index (Phi) is 25.2. The van der Waals surface area contributed by atoms with Crippen LogP contribution < -0.4 is 54.0 Å². The number of carbonyl (C=O) groups is 11. The minimum Gasteiger partial charge on any atom is -0.481 e. The normalized spacial score (nSPS) is 15.9. The topological polar surface area (TPSA) is 457 Å². The van der Waals surface area contributed by atoms with Crippen LogP contribution >= 0.6 is 0 Å². The number of amides is 9. The zero-order valence-electron chi connectivity index (χ0n) is 37.2. The summed E-state index contributed by atoms with van der Waals surface area (Å²) in [6.07, 6.45) is -5.23. The van der Waals surface area contributed by atoms with Crippen molar-refractivity contribution in [3.8, 4) is 0 Å². The van der Waals surface area contributed by atoms with E-state index in [1.54, 1.807) is 44.2 Å². The zero-order valence-corrected chi connectivity index (χ0v) is 37.2. The van der Waals surface area contributed by atoms with Crippen LogP contribution in [0, 0.1) is 5.92 Å². The fourth-order valence-electron chi connectivity index (χ4n) is 5.88. The number of hydrogen-bond donors (Lipinski definition) is 16. The van der Waals surface area contributed by atoms with Gasteiger partial charge in [-0.05, 0) is 31.7 Å². The molecule has 1 aromatic carbocycles. The second-order valence-electron chi connectivity index (χ2n) is 15.4. The molecule has 0 aliphatic rings. The Labute approximate surface area is 383 Å². The number of primary amides is 1. The summed E-state index contributed by atoms with van der Waals surface area (Å²) in [4.78, 5) is 140. The van der Waals surface area contributed by atoms with Gasteiger partial charge in [0.1, 0.15) is 42.3 Å². The molecule has 67 heavy (non-hydrogen) atoms. The Morgan fingerprint density at radius 2 is 1.10 bits per heavy atom. The summed E-state index contributed by atoms with van der Waals surface area (Å²) in [6.45, 7) is 2.72. The van der Waals surface area contributed by atoms with E-state index in [9.17, 15) is 73.2 Å². The van der Waals surface area contributed by atoms with Crippen LogP contribution in [0.15, 0.2) is 30.3 Å². The molecule has 0 aliphatic carbocycles. The maximum atomic E-state index is 13.9. The molecule has 1 rings (SSSR count). The number of aliphatic hydroxyl groups excluding tert-OH is 4. The predicted octanol–water partition coefficient (Wildman–Crippen LogP) is -7.32. The second kappa shape index (κ2) is 29.0. The van der Waals surface area contributed by atoms with Gasteiger partial charge in [-0.1, -0.05) is 50.6 Å². The summed E-state index contributed by atoms with van der Waals surface area (Å²) in [5, 5.41) is 75.6. The summed E-state index contributed by atoms with van der Waals surface area (Å²) >= 11 is 0. The SMILES string of the molecule is CC[C@H](C)[C@H](NC(=O)CNC(=O)[C@H](CO)NC(=O)[C@H](CCC(=O)O)NC(=O)[C@@H](N)CO)C(=O)N[C@@H](Cc1ccccc1)C(=O)N[C@H](C(=O)N[C@@H](CC(N)=O)C(=O)N[C@H](C(=O)O)[C@@H](C)O)[C@@H](C)O. The van der Waals surface area contributed by atoms with Crippen LogP contribution in [-0.4, -0.2) is 176 Å². The van der Waals surface area contributed by atoms with Gasteiger partial charge in [0.25, 0.3) is 0 Å². The highest BCUT2D eigenvalue weighted by Crippen LogP contribution is 2.11. The molecule has 9 amide bonds. The van der Waals surface area contributed by atoms with Crippen molar-refractivity contribution < 1.29 is 83.4 Å². The number of carboxylic acid groups (broad SMARTS) is 2. The van der Waals surface area contributed by atoms with Crippen molar-refractivity contribution in [2.24, 2.45) is 17.4 Å². The van der Waals surface area contributed by atoms with Gasteiger partial charge in [0.2, 0.25) is 53.2 Å². The molecule has 27 nitrogen and oxygen atoms in total. The fraction of sp³-hybridized carbons (Fsp3) is 0.575. The molecule has 374 valence electrons. The number of aliphatic carboxylic acids is 2. The third kappa shape index (κ3) is 20.5. The number of nitrogens with two attached hydrogens (primary N) is 2. The molecule has 1 aromatic rings. The van der Waals surface area contributed by atoms with E-state index in [-0.39, 0.29) is 12.8 Å². The Balaban J connectivity index is 3.28. The van der Waals surface area contributed by atoms with Gasteiger partial charge in [-0.25, -0.2) is 4.79 Å². The predicted molar refractivity (Wildman–Crippen MR) is 230 cm³/mol. The summed E-state index contributed by atoms with van der Waals surface area (Å²) in [6, 6.07) is -5.15. The van der Waals surface area contributed by atoms with E-state index in [0.717, 1.165) is 13.8 Å². The fourth-order valence-corrected chi connectivity index (χ4v) is 5.88. The summed E-state index contributed by atoms with van der Waals surface area (Å²) in [7, 11) is 0. The summed E-state index contributed by atoms with van der Waals surface area (Å²) < 4.78 is 0. The first-order chi connectivity index (χ1) is 31.4. The first-order valence-corrected chi connectivity index (χ1v) is 20.9. The first kappa shape index (κ1) is 58.2. The molecule has 0 heterocycles. The second-order valence-corrected chi connectivity index (χ2v) is 15.4. The van der Waals surface area contributed by atoms with E-state index in [2.05, 4.69) is 37.2 Å². The highest BCUT2D eigenvalue weighted by atomic mass is 16.4. The average Bonchev–Trinajstić information content (AvgIpc) is 3.26. The van der Waals surface area contributed by atoms with Crippen LogP contribution in [0.4, 0.5) is 0 Å². The maximum absolute atomic E-state index is 13.9. The van der Waals surface area contributed by atoms with Gasteiger partial charge >= 0.3 is 11.9 Å². The molecule has 0 saturated heterocycles. The van der Waals surface area contributed by atoms with Crippen molar-refractivity contribution in [2.75, 3.05) is 19.8 Å². The Hall–Kier alpha value is -6.81. The molecular weight excluding hydrogens is 892 g/mol. The molecule has 18 N–H and O–H groups in total. The molecule has 27 heteroatoms. The molecule has 0 aromatic heterocycles. The first-order valence-electron chi connectivity index (χ1n) is 20.9. The number of carboxylic acids is 2. The standard InChI is InChI=1S/C40H62N10O17/c1-5-18(2)30(48-28(56)15-43-34(60)26(17-52)47-35(61)23(11-12-29(57)58)44-33(59)22(41)16-51)38(64)45-24(13-21-9-7-6-8-10-21)36(62)49-31(19(3)53)39(65)46-25(14-27(42)55)37(63)50-32(20(4)54)40(66)67/h6-10,18-20,22-26,30-32,51-54H,5,11-17,41H2,1-4H3,(H2,42,55)(H,43,60)(H,44,59)(H,45,64)(H,46,65)(H,47,61)(H,48,56)(H,49,62)(H,50,63)(H,57,58)(H,66,67)/t18-,19+,20+,22-,23-,24-,25-,26-,30-,31-,32-/m0/s1. The van der Waals surface area contributed by atoms with E-state index in [1.807, 2.05) is 5.32 Å². The van der Waals surface area contributed by atoms with Gasteiger partial charge in [-0.2, -0.15) is 0 Å². The monoisotopic (exact) mass is 954 g/mol. The maximum Gasteiger partial charge on any atom is 0.328 e. The molecule has 11 atom stereocenters. The van der Waals surface area contributed by atoms with E-state index in [0.29, 0.717) is 5.56 Å². The van der Waals surface area contributed by atoms with Gasteiger partial charge in [0, 0.05) is 12.8 Å². The smallest absolute Gasteiger partial charge is 0.328 e. The average molecular weight is 955 g/mol. The van der Waals surface area contributed by atoms with Gasteiger partial charge in [-0.3, -0.25) is 47.9 Å². The molecule has 0 spiro atoms. The van der Waals surface area contributed by atoms with Crippen LogP contribution in [0.25, 0.3) is 0 Å². The Morgan fingerprint density at radius 1 is 0.597 bits per heavy atom. The van der Waals surface area contributed by atoms with Crippen LogP contribution in [0.2, 0.25) is 0 Å². The minimum absolute atomic E-state index is 0.226. The van der Waals surface area contributed by atoms with Crippen molar-refractivity contribution in [2.45, 2.75) is 120 Å². The molecule has 0 saturated carbocycles. The minimum atomic E-state index is -1.88. The molecule has 0 radical (unpaired) electrons. The molecule has 0 bridgehead atoms. The lowest BCUT2D eigenvalue weighted by Gasteiger charge is -2.29. The van der Waals surface area contributed by atoms with Crippen molar-refractivity contribution in [3.05, 3.63) is 35.9 Å². The highest BCUT2D eigenvalue weighted by Gasteiger charge is 2.37. The molecular formula is C40H62N10O17. The molecule has 0 unspecified atom stereocenters. The van der Waals surface area contributed by atoms with Gasteiger partial charge in [-0.15, -0.1) is 0 Å². The van der Waals surface area contributed by atoms with Crippen LogP contribution in [0.1, 0.15) is 58.9 Å². The number of nitrogens with one attached hydrogen (secondary N) is 8.